The molecule has 2 aliphatic heterocycles. The third-order valence-corrected chi connectivity index (χ3v) is 4.87. The number of carbonyl (C=O) groups excluding carboxylic acids is 2. The zero-order chi connectivity index (χ0) is 20.3. The van der Waals surface area contributed by atoms with E-state index in [2.05, 4.69) is 5.32 Å². The lowest BCUT2D eigenvalue weighted by Gasteiger charge is -2.34. The molecule has 1 saturated heterocycles. The van der Waals surface area contributed by atoms with Crippen molar-refractivity contribution in [2.75, 3.05) is 39.3 Å². The Morgan fingerprint density at radius 3 is 2.82 bits per heavy atom. The number of piperazine rings is 1. The Morgan fingerprint density at radius 2 is 2.14 bits per heavy atom. The van der Waals surface area contributed by atoms with E-state index in [9.17, 15) is 24.5 Å². The molecule has 28 heavy (non-hydrogen) atoms. The number of amides is 2. The molecule has 1 aromatic carbocycles. The third kappa shape index (κ3) is 4.43. The molecule has 1 atom stereocenters. The van der Waals surface area contributed by atoms with Crippen LogP contribution in [0.1, 0.15) is 15.9 Å². The Balaban J connectivity index is 1.59. The number of benzene rings is 1. The first-order valence-corrected chi connectivity index (χ1v) is 9.08. The van der Waals surface area contributed by atoms with E-state index in [0.717, 1.165) is 0 Å². The summed E-state index contributed by atoms with van der Waals surface area (Å²) in [5.41, 5.74) is 6.04. The average Bonchev–Trinajstić information content (AvgIpc) is 2.64. The van der Waals surface area contributed by atoms with Crippen LogP contribution >= 0.6 is 0 Å². The van der Waals surface area contributed by atoms with Gasteiger partial charge in [0.15, 0.2) is 0 Å². The smallest absolute Gasteiger partial charge is 0.534 e. The van der Waals surface area contributed by atoms with Gasteiger partial charge in [-0.2, -0.15) is 0 Å². The van der Waals surface area contributed by atoms with Gasteiger partial charge in [-0.15, -0.1) is 0 Å². The maximum absolute atomic E-state index is 12.4. The predicted octanol–water partition coefficient (Wildman–Crippen LogP) is -2.07. The first kappa shape index (κ1) is 20.1. The highest BCUT2D eigenvalue weighted by molar-refractivity contribution is 6.47. The van der Waals surface area contributed by atoms with Crippen molar-refractivity contribution in [1.29, 1.82) is 0 Å². The fraction of sp³-hybridized carbons (Fsp3) is 0.471. The average molecular weight is 390 g/mol. The number of hydrogen-bond donors (Lipinski definition) is 4. The normalized spacial score (nSPS) is 19.8. The number of hydrogen-bond acceptors (Lipinski definition) is 7. The first-order valence-electron chi connectivity index (χ1n) is 9.08. The Kier molecular flexibility index (Phi) is 6.17. The summed E-state index contributed by atoms with van der Waals surface area (Å²) >= 11 is 0. The van der Waals surface area contributed by atoms with Gasteiger partial charge in [-0.3, -0.25) is 14.5 Å². The SMILES string of the molecule is NCCN1CCN(CC(=O)NC2Cc3cccc(C(=O)O)c3OB2O)C(=O)C1. The van der Waals surface area contributed by atoms with Gasteiger partial charge >= 0.3 is 13.1 Å². The van der Waals surface area contributed by atoms with Crippen molar-refractivity contribution in [2.24, 2.45) is 5.73 Å². The summed E-state index contributed by atoms with van der Waals surface area (Å²) in [5, 5.41) is 22.1. The van der Waals surface area contributed by atoms with E-state index in [1.807, 2.05) is 4.90 Å². The fourth-order valence-electron chi connectivity index (χ4n) is 3.44. The summed E-state index contributed by atoms with van der Waals surface area (Å²) in [7, 11) is -1.38. The lowest BCUT2D eigenvalue weighted by Crippen LogP contribution is -2.57. The molecule has 2 amide bonds. The van der Waals surface area contributed by atoms with Crippen molar-refractivity contribution in [3.8, 4) is 5.75 Å². The van der Waals surface area contributed by atoms with Gasteiger partial charge in [0, 0.05) is 26.2 Å². The van der Waals surface area contributed by atoms with Crippen LogP contribution < -0.4 is 15.7 Å². The number of aromatic carboxylic acids is 1. The fourth-order valence-corrected chi connectivity index (χ4v) is 3.44. The van der Waals surface area contributed by atoms with Crippen LogP contribution in [0.25, 0.3) is 0 Å². The topological polar surface area (TPSA) is 145 Å². The summed E-state index contributed by atoms with van der Waals surface area (Å²) in [5.74, 6) is -2.34. The molecular formula is C17H23BN4O6. The predicted molar refractivity (Wildman–Crippen MR) is 99.7 cm³/mol. The molecule has 1 aromatic rings. The molecule has 0 aromatic heterocycles. The van der Waals surface area contributed by atoms with Crippen LogP contribution in [0.5, 0.6) is 5.75 Å². The first-order chi connectivity index (χ1) is 13.4. The van der Waals surface area contributed by atoms with E-state index >= 15 is 0 Å². The molecule has 0 spiro atoms. The Morgan fingerprint density at radius 1 is 1.36 bits per heavy atom. The molecule has 1 fully saturated rings. The van der Waals surface area contributed by atoms with Crippen LogP contribution in [0.3, 0.4) is 0 Å². The number of carboxylic acids is 1. The Bertz CT molecular complexity index is 776. The molecule has 150 valence electrons. The highest BCUT2D eigenvalue weighted by Crippen LogP contribution is 2.30. The summed E-state index contributed by atoms with van der Waals surface area (Å²) in [6, 6.07) is 4.66. The van der Waals surface area contributed by atoms with Crippen LogP contribution in [0.4, 0.5) is 0 Å². The van der Waals surface area contributed by atoms with Crippen LogP contribution in [0.15, 0.2) is 18.2 Å². The maximum atomic E-state index is 12.4. The second-order valence-electron chi connectivity index (χ2n) is 6.87. The number of nitrogens with zero attached hydrogens (tertiary/aromatic N) is 2. The lowest BCUT2D eigenvalue weighted by molar-refractivity contribution is -0.140. The summed E-state index contributed by atoms with van der Waals surface area (Å²) < 4.78 is 5.35. The molecule has 0 bridgehead atoms. The number of rotatable bonds is 6. The Labute approximate surface area is 162 Å². The molecular weight excluding hydrogens is 367 g/mol. The summed E-state index contributed by atoms with van der Waals surface area (Å²) in [6.07, 6.45) is 0.224. The number of fused-ring (bicyclic) bond motifs is 1. The van der Waals surface area contributed by atoms with Crippen molar-refractivity contribution in [3.05, 3.63) is 29.3 Å². The van der Waals surface area contributed by atoms with Crippen molar-refractivity contribution in [1.82, 2.24) is 15.1 Å². The zero-order valence-electron chi connectivity index (χ0n) is 15.3. The monoisotopic (exact) mass is 390 g/mol. The Hall–Kier alpha value is -2.63. The van der Waals surface area contributed by atoms with Crippen LogP contribution in [-0.4, -0.2) is 90.0 Å². The maximum Gasteiger partial charge on any atom is 0.547 e. The van der Waals surface area contributed by atoms with Crippen molar-refractivity contribution < 1.29 is 29.2 Å². The molecule has 3 rings (SSSR count). The van der Waals surface area contributed by atoms with Crippen molar-refractivity contribution in [2.45, 2.75) is 12.4 Å². The van der Waals surface area contributed by atoms with Crippen molar-refractivity contribution in [3.63, 3.8) is 0 Å². The molecule has 5 N–H and O–H groups in total. The second kappa shape index (κ2) is 8.59. The lowest BCUT2D eigenvalue weighted by atomic mass is 9.72. The van der Waals surface area contributed by atoms with Gasteiger partial charge in [0.1, 0.15) is 5.75 Å². The van der Waals surface area contributed by atoms with Crippen LogP contribution in [-0.2, 0) is 16.0 Å². The van der Waals surface area contributed by atoms with Gasteiger partial charge in [0.2, 0.25) is 11.8 Å². The van der Waals surface area contributed by atoms with Gasteiger partial charge in [-0.25, -0.2) is 4.79 Å². The minimum Gasteiger partial charge on any atom is -0.534 e. The summed E-state index contributed by atoms with van der Waals surface area (Å²) in [4.78, 5) is 39.2. The number of nitrogens with one attached hydrogen (secondary N) is 1. The minimum atomic E-state index is -1.38. The molecule has 2 aliphatic rings. The number of carboxylic acid groups (broad SMARTS) is 1. The van der Waals surface area contributed by atoms with Gasteiger partial charge in [0.25, 0.3) is 0 Å². The molecule has 0 aliphatic carbocycles. The highest BCUT2D eigenvalue weighted by atomic mass is 16.5. The molecule has 1 unspecified atom stereocenters. The largest absolute Gasteiger partial charge is 0.547 e. The number of para-hydroxylation sites is 1. The number of carbonyl (C=O) groups is 3. The van der Waals surface area contributed by atoms with E-state index in [1.165, 1.54) is 11.0 Å². The van der Waals surface area contributed by atoms with Gasteiger partial charge < -0.3 is 30.7 Å². The molecule has 2 heterocycles. The van der Waals surface area contributed by atoms with Crippen molar-refractivity contribution >= 4 is 24.9 Å². The quantitative estimate of drug-likeness (QED) is 0.405. The second-order valence-corrected chi connectivity index (χ2v) is 6.87. The zero-order valence-corrected chi connectivity index (χ0v) is 15.3. The van der Waals surface area contributed by atoms with E-state index < -0.39 is 24.9 Å². The van der Waals surface area contributed by atoms with E-state index in [1.54, 1.807) is 12.1 Å². The van der Waals surface area contributed by atoms with E-state index in [0.29, 0.717) is 31.7 Å². The summed E-state index contributed by atoms with van der Waals surface area (Å²) in [6.45, 7) is 2.30. The van der Waals surface area contributed by atoms with E-state index in [4.69, 9.17) is 10.4 Å². The highest BCUT2D eigenvalue weighted by Gasteiger charge is 2.38. The van der Waals surface area contributed by atoms with Crippen LogP contribution in [0, 0.1) is 0 Å². The number of nitrogens with two attached hydrogens (primary N) is 1. The van der Waals surface area contributed by atoms with E-state index in [-0.39, 0.29) is 36.7 Å². The molecule has 11 heteroatoms. The van der Waals surface area contributed by atoms with Gasteiger partial charge in [-0.05, 0) is 18.1 Å². The molecule has 0 saturated carbocycles. The van der Waals surface area contributed by atoms with Gasteiger partial charge in [0.05, 0.1) is 24.6 Å². The standard InChI is InChI=1S/C17H23BN4O6/c19-4-5-21-6-7-22(15(24)10-21)9-14(23)20-13-8-11-2-1-3-12(17(25)26)16(11)28-18(13)27/h1-3,13,27H,4-10,19H2,(H,20,23)(H,25,26). The van der Waals surface area contributed by atoms with Crippen LogP contribution in [0.2, 0.25) is 0 Å². The molecule has 10 nitrogen and oxygen atoms in total. The third-order valence-electron chi connectivity index (χ3n) is 4.87. The minimum absolute atomic E-state index is 0.0396. The molecule has 0 radical (unpaired) electrons. The van der Waals surface area contributed by atoms with Gasteiger partial charge in [-0.1, -0.05) is 12.1 Å².